The molecular formula is C20H38O4. The summed E-state index contributed by atoms with van der Waals surface area (Å²) >= 11 is 0. The van der Waals surface area contributed by atoms with Crippen LogP contribution < -0.4 is 0 Å². The number of ether oxygens (including phenoxy) is 1. The molecule has 1 N–H and O–H groups in total. The van der Waals surface area contributed by atoms with E-state index in [1.807, 2.05) is 6.92 Å². The molecule has 0 saturated heterocycles. The van der Waals surface area contributed by atoms with Crippen LogP contribution in [0.3, 0.4) is 0 Å². The molecule has 0 aliphatic rings. The molecule has 0 rings (SSSR count). The van der Waals surface area contributed by atoms with Gasteiger partial charge in [0.05, 0.1) is 6.10 Å². The molecule has 0 radical (unpaired) electrons. The summed E-state index contributed by atoms with van der Waals surface area (Å²) in [5.74, 6) is -1.43. The van der Waals surface area contributed by atoms with Gasteiger partial charge >= 0.3 is 5.97 Å². The van der Waals surface area contributed by atoms with Crippen molar-refractivity contribution in [2.45, 2.75) is 116 Å². The summed E-state index contributed by atoms with van der Waals surface area (Å²) in [5, 5.41) is 9.75. The predicted octanol–water partition coefficient (Wildman–Crippen LogP) is 4.96. The van der Waals surface area contributed by atoms with Crippen molar-refractivity contribution in [3.05, 3.63) is 0 Å². The summed E-state index contributed by atoms with van der Waals surface area (Å²) in [5.41, 5.74) is -2.02. The van der Waals surface area contributed by atoms with E-state index in [1.54, 1.807) is 0 Å². The van der Waals surface area contributed by atoms with E-state index >= 15 is 0 Å². The lowest BCUT2D eigenvalue weighted by molar-refractivity contribution is -0.172. The summed E-state index contributed by atoms with van der Waals surface area (Å²) in [7, 11) is 0. The number of ketones is 1. The molecule has 4 nitrogen and oxygen atoms in total. The Morgan fingerprint density at radius 2 is 1.33 bits per heavy atom. The Hall–Kier alpha value is -0.900. The molecule has 24 heavy (non-hydrogen) atoms. The van der Waals surface area contributed by atoms with Gasteiger partial charge in [-0.05, 0) is 33.6 Å². The third-order valence-electron chi connectivity index (χ3n) is 4.61. The average molecular weight is 343 g/mol. The van der Waals surface area contributed by atoms with Crippen molar-refractivity contribution < 1.29 is 19.4 Å². The van der Waals surface area contributed by atoms with Crippen molar-refractivity contribution in [3.8, 4) is 0 Å². The highest BCUT2D eigenvalue weighted by atomic mass is 16.6. The Kier molecular flexibility index (Phi) is 12.9. The van der Waals surface area contributed by atoms with E-state index < -0.39 is 17.4 Å². The number of rotatable bonds is 15. The second-order valence-electron chi connectivity index (χ2n) is 7.17. The summed E-state index contributed by atoms with van der Waals surface area (Å²) in [6.07, 6.45) is 14.6. The van der Waals surface area contributed by atoms with Crippen molar-refractivity contribution >= 4 is 11.8 Å². The molecule has 0 fully saturated rings. The number of hydrogen-bond acceptors (Lipinski definition) is 4. The zero-order valence-corrected chi connectivity index (χ0v) is 16.2. The molecule has 0 bridgehead atoms. The molecule has 4 heteroatoms. The zero-order valence-electron chi connectivity index (χ0n) is 16.2. The smallest absolute Gasteiger partial charge is 0.345 e. The lowest BCUT2D eigenvalue weighted by atomic mass is 10.0. The molecule has 0 amide bonds. The number of Topliss-reactive ketones (excluding diaryl/α,β-unsaturated/α-hetero) is 1. The van der Waals surface area contributed by atoms with E-state index in [0.29, 0.717) is 0 Å². The second kappa shape index (κ2) is 13.4. The van der Waals surface area contributed by atoms with Gasteiger partial charge in [-0.1, -0.05) is 71.1 Å². The normalized spacial score (nSPS) is 14.9. The Balaban J connectivity index is 3.55. The number of aliphatic hydroxyl groups is 1. The van der Waals surface area contributed by atoms with E-state index in [1.165, 1.54) is 71.6 Å². The van der Waals surface area contributed by atoms with Crippen molar-refractivity contribution in [2.24, 2.45) is 0 Å². The predicted molar refractivity (Wildman–Crippen MR) is 97.9 cm³/mol. The number of carbonyl (C=O) groups excluding carboxylic acids is 2. The number of esters is 1. The third-order valence-corrected chi connectivity index (χ3v) is 4.61. The Morgan fingerprint density at radius 1 is 0.917 bits per heavy atom. The van der Waals surface area contributed by atoms with Gasteiger partial charge in [-0.2, -0.15) is 0 Å². The molecule has 142 valence electrons. The van der Waals surface area contributed by atoms with Crippen molar-refractivity contribution in [3.63, 3.8) is 0 Å². The Labute approximate surface area is 148 Å². The van der Waals surface area contributed by atoms with E-state index in [9.17, 15) is 14.7 Å². The third kappa shape index (κ3) is 10.8. The summed E-state index contributed by atoms with van der Waals surface area (Å²) in [6, 6.07) is 0. The monoisotopic (exact) mass is 342 g/mol. The molecule has 0 aromatic heterocycles. The minimum absolute atomic E-state index is 0.262. The molecule has 0 aliphatic carbocycles. The fraction of sp³-hybridized carbons (Fsp3) is 0.900. The quantitative estimate of drug-likeness (QED) is 0.259. The lowest BCUT2D eigenvalue weighted by Gasteiger charge is -2.21. The highest BCUT2D eigenvalue weighted by Crippen LogP contribution is 2.15. The number of unbranched alkanes of at least 4 members (excludes halogenated alkanes) is 10. The van der Waals surface area contributed by atoms with Crippen LogP contribution in [-0.2, 0) is 14.3 Å². The van der Waals surface area contributed by atoms with Crippen LogP contribution in [0.4, 0.5) is 0 Å². The summed E-state index contributed by atoms with van der Waals surface area (Å²) in [4.78, 5) is 22.9. The van der Waals surface area contributed by atoms with Crippen molar-refractivity contribution in [1.82, 2.24) is 0 Å². The van der Waals surface area contributed by atoms with Crippen LogP contribution >= 0.6 is 0 Å². The van der Waals surface area contributed by atoms with Crippen molar-refractivity contribution in [2.75, 3.05) is 0 Å². The second-order valence-corrected chi connectivity index (χ2v) is 7.17. The maximum atomic E-state index is 11.7. The van der Waals surface area contributed by atoms with Crippen LogP contribution in [0, 0.1) is 0 Å². The zero-order chi connectivity index (χ0) is 18.4. The molecule has 0 spiro atoms. The highest BCUT2D eigenvalue weighted by Gasteiger charge is 2.38. The van der Waals surface area contributed by atoms with Gasteiger partial charge in [0.15, 0.2) is 5.78 Å². The van der Waals surface area contributed by atoms with Crippen LogP contribution in [0.5, 0.6) is 0 Å². The first-order valence-corrected chi connectivity index (χ1v) is 9.76. The van der Waals surface area contributed by atoms with E-state index in [2.05, 4.69) is 6.92 Å². The number of carbonyl (C=O) groups is 2. The molecule has 0 aliphatic heterocycles. The van der Waals surface area contributed by atoms with Crippen LogP contribution in [0.25, 0.3) is 0 Å². The maximum absolute atomic E-state index is 11.7. The fourth-order valence-corrected chi connectivity index (χ4v) is 2.60. The van der Waals surface area contributed by atoms with Gasteiger partial charge in [-0.25, -0.2) is 4.79 Å². The minimum atomic E-state index is -2.02. The Morgan fingerprint density at radius 3 is 1.75 bits per heavy atom. The van der Waals surface area contributed by atoms with Gasteiger partial charge < -0.3 is 9.84 Å². The summed E-state index contributed by atoms with van der Waals surface area (Å²) in [6.45, 7) is 6.43. The first-order valence-electron chi connectivity index (χ1n) is 9.76. The first kappa shape index (κ1) is 23.1. The molecule has 2 atom stereocenters. The first-order chi connectivity index (χ1) is 11.3. The van der Waals surface area contributed by atoms with E-state index in [4.69, 9.17) is 4.74 Å². The van der Waals surface area contributed by atoms with E-state index in [-0.39, 0.29) is 6.10 Å². The average Bonchev–Trinajstić information content (AvgIpc) is 2.52. The largest absolute Gasteiger partial charge is 0.460 e. The van der Waals surface area contributed by atoms with Gasteiger partial charge in [0.1, 0.15) is 0 Å². The van der Waals surface area contributed by atoms with Gasteiger partial charge in [-0.15, -0.1) is 0 Å². The maximum Gasteiger partial charge on any atom is 0.345 e. The molecule has 0 aromatic rings. The van der Waals surface area contributed by atoms with Crippen LogP contribution in [0.15, 0.2) is 0 Å². The van der Waals surface area contributed by atoms with E-state index in [0.717, 1.165) is 19.3 Å². The molecule has 0 saturated carbocycles. The van der Waals surface area contributed by atoms with Crippen LogP contribution in [-0.4, -0.2) is 28.6 Å². The fourth-order valence-electron chi connectivity index (χ4n) is 2.60. The SMILES string of the molecule is CCCCCCCCCCCCC[C@H](C)OC(=O)[C@@](C)(O)C(C)=O. The van der Waals surface area contributed by atoms with Gasteiger partial charge in [0, 0.05) is 0 Å². The van der Waals surface area contributed by atoms with Gasteiger partial charge in [0.25, 0.3) is 0 Å². The van der Waals surface area contributed by atoms with Crippen molar-refractivity contribution in [1.29, 1.82) is 0 Å². The molecule has 0 aromatic carbocycles. The minimum Gasteiger partial charge on any atom is -0.460 e. The topological polar surface area (TPSA) is 63.6 Å². The molecular weight excluding hydrogens is 304 g/mol. The van der Waals surface area contributed by atoms with Crippen LogP contribution in [0.2, 0.25) is 0 Å². The number of hydrogen-bond donors (Lipinski definition) is 1. The Bertz CT molecular complexity index is 350. The van der Waals surface area contributed by atoms with Gasteiger partial charge in [0.2, 0.25) is 5.60 Å². The van der Waals surface area contributed by atoms with Crippen LogP contribution in [0.1, 0.15) is 105 Å². The highest BCUT2D eigenvalue weighted by molar-refractivity contribution is 6.05. The lowest BCUT2D eigenvalue weighted by Crippen LogP contribution is -2.44. The standard InChI is InChI=1S/C20H38O4/c1-5-6-7-8-9-10-11-12-13-14-15-16-17(2)24-19(22)20(4,23)18(3)21/h17,23H,5-16H2,1-4H3/t17-,20-/m0/s1. The molecule has 0 heterocycles. The van der Waals surface area contributed by atoms with Gasteiger partial charge in [-0.3, -0.25) is 4.79 Å². The summed E-state index contributed by atoms with van der Waals surface area (Å²) < 4.78 is 5.16. The molecule has 0 unspecified atom stereocenters.